The second-order valence-corrected chi connectivity index (χ2v) is 41.0. The number of hydrogen-bond acceptors (Lipinski definition) is 3. The molecule has 0 aliphatic carbocycles. The number of rotatable bonds is 5. The van der Waals surface area contributed by atoms with E-state index in [0.717, 1.165) is 47.1 Å². The minimum Gasteiger partial charge on any atom is -0.255 e. The highest BCUT2D eigenvalue weighted by Gasteiger charge is 2.43. The van der Waals surface area contributed by atoms with Gasteiger partial charge in [-0.05, 0) is 117 Å². The van der Waals surface area contributed by atoms with Crippen LogP contribution in [0.15, 0.2) is 164 Å². The number of para-hydroxylation sites is 6. The normalized spacial score (nSPS) is 14.3. The van der Waals surface area contributed by atoms with Crippen LogP contribution in [0.4, 0.5) is 0 Å². The molecule has 11 heteroatoms. The van der Waals surface area contributed by atoms with Crippen LogP contribution in [0, 0.1) is 10.8 Å². The molecule has 0 bridgehead atoms. The third-order valence-corrected chi connectivity index (χ3v) is 28.9. The molecule has 432 valence electrons. The van der Waals surface area contributed by atoms with Crippen molar-refractivity contribution in [3.63, 3.8) is 0 Å². The van der Waals surface area contributed by atoms with Crippen molar-refractivity contribution in [2.45, 2.75) is 131 Å². The van der Waals surface area contributed by atoms with Crippen LogP contribution in [0.5, 0.6) is 0 Å². The van der Waals surface area contributed by atoms with E-state index in [2.05, 4.69) is 253 Å². The zero-order valence-corrected chi connectivity index (χ0v) is 54.9. The minimum atomic E-state index is -1.45. The first-order chi connectivity index (χ1) is 41.9. The van der Waals surface area contributed by atoms with E-state index in [1.54, 1.807) is 5.56 Å². The molecular formula is C76H78N9Si2+3. The Labute approximate surface area is 511 Å². The van der Waals surface area contributed by atoms with Gasteiger partial charge in [0.15, 0.2) is 33.1 Å². The van der Waals surface area contributed by atoms with E-state index in [-0.39, 0.29) is 10.8 Å². The fourth-order valence-corrected chi connectivity index (χ4v) is 30.5. The smallest absolute Gasteiger partial charge is 0.255 e. The van der Waals surface area contributed by atoms with Crippen molar-refractivity contribution in [2.75, 3.05) is 0 Å². The first kappa shape index (κ1) is 52.9. The maximum atomic E-state index is 8.69. The predicted octanol–water partition coefficient (Wildman–Crippen LogP) is 17.5. The summed E-state index contributed by atoms with van der Waals surface area (Å²) >= 11 is 0. The quantitative estimate of drug-likeness (QED) is 0.0980. The lowest BCUT2D eigenvalue weighted by molar-refractivity contribution is -0.631. The molecule has 15 aromatic rings. The van der Waals surface area contributed by atoms with Crippen LogP contribution >= 0.6 is 0 Å². The second-order valence-electron chi connectivity index (χ2n) is 29.8. The van der Waals surface area contributed by atoms with Gasteiger partial charge in [-0.3, -0.25) is 15.0 Å². The number of imidazole rings is 3. The Morgan fingerprint density at radius 3 is 1.05 bits per heavy atom. The van der Waals surface area contributed by atoms with Crippen molar-refractivity contribution in [1.82, 2.24) is 28.2 Å². The Morgan fingerprint density at radius 1 is 0.391 bits per heavy atom. The zero-order chi connectivity index (χ0) is 61.0. The van der Waals surface area contributed by atoms with Crippen LogP contribution < -0.4 is 13.7 Å². The molecule has 0 saturated carbocycles. The van der Waals surface area contributed by atoms with Gasteiger partial charge in [-0.15, -0.1) is 0 Å². The van der Waals surface area contributed by atoms with E-state index < -0.39 is 22.0 Å². The highest BCUT2D eigenvalue weighted by atomic mass is 28.4. The first-order valence-corrected chi connectivity index (χ1v) is 38.5. The van der Waals surface area contributed by atoms with E-state index in [0.29, 0.717) is 11.1 Å². The standard InChI is InChI=1S/C28H30N3.C26H30N3Si2.C22H18N3/c1-27(2,3)25(28(4,5)6)18-10-9-13-21-23(18)24-22-17(14-15-29-24)16-30-19-11-7-8-12-20(19)31(21)26(22)30;1-30(2,3)26(31(4,5)6)18-10-9-13-21-23(18)24-22-17(14-15-27-24)16-28-19-11-7-8-12-20(19)29(21)25(22)28;1-13(2)15-6-5-9-18-20(15)21-19-14(10-11-23-21)12-24-16-7-3-4-8-17(16)25(18)22(19)24/h7-15,25H,16H2,1-6H3;7-15,26H,16H2,1-6H3;3-11,13H,12H2,1-2H3/q3*+1/i;;13D. The Balaban J connectivity index is 0.000000107. The van der Waals surface area contributed by atoms with Crippen LogP contribution in [-0.2, 0) is 19.6 Å². The second kappa shape index (κ2) is 18.6. The number of benzene rings is 6. The summed E-state index contributed by atoms with van der Waals surface area (Å²) in [6.07, 6.45) is 5.94. The van der Waals surface area contributed by atoms with Gasteiger partial charge >= 0.3 is 0 Å². The van der Waals surface area contributed by atoms with Gasteiger partial charge in [-0.25, -0.2) is 13.7 Å². The monoisotopic (exact) mass is 1170 g/mol. The Morgan fingerprint density at radius 2 is 0.701 bits per heavy atom. The van der Waals surface area contributed by atoms with Gasteiger partial charge in [0.25, 0.3) is 16.9 Å². The van der Waals surface area contributed by atoms with Gasteiger partial charge in [-0.2, -0.15) is 13.2 Å². The third-order valence-electron chi connectivity index (χ3n) is 19.7. The molecule has 0 radical (unpaired) electrons. The van der Waals surface area contributed by atoms with E-state index in [9.17, 15) is 0 Å². The zero-order valence-electron chi connectivity index (χ0n) is 53.9. The third kappa shape index (κ3) is 7.66. The molecule has 3 aliphatic heterocycles. The summed E-state index contributed by atoms with van der Waals surface area (Å²) < 4.78 is 23.4. The van der Waals surface area contributed by atoms with Crippen LogP contribution in [0.2, 0.25) is 39.3 Å². The molecular weight excluding hydrogens is 1100 g/mol. The van der Waals surface area contributed by atoms with E-state index in [1.807, 2.05) is 32.4 Å². The molecule has 0 unspecified atom stereocenters. The molecule has 3 aliphatic rings. The van der Waals surface area contributed by atoms with Crippen LogP contribution in [0.25, 0.3) is 115 Å². The molecule has 0 amide bonds. The van der Waals surface area contributed by atoms with Crippen LogP contribution in [-0.4, -0.2) is 44.3 Å². The molecule has 0 saturated heterocycles. The molecule has 9 aromatic heterocycles. The summed E-state index contributed by atoms with van der Waals surface area (Å²) in [7, 11) is -2.91. The highest BCUT2D eigenvalue weighted by Crippen LogP contribution is 2.51. The Bertz CT molecular complexity index is 5280. The Hall–Kier alpha value is -8.39. The summed E-state index contributed by atoms with van der Waals surface area (Å²) in [5.41, 5.74) is 26.9. The van der Waals surface area contributed by atoms with Crippen molar-refractivity contribution < 1.29 is 15.1 Å². The molecule has 0 fully saturated rings. The summed E-state index contributed by atoms with van der Waals surface area (Å²) in [6.45, 7) is 36.2. The number of fused-ring (bicyclic) bond motifs is 18. The fraction of sp³-hybridized carbons (Fsp3) is 0.289. The SMILES string of the molecule is CC(C)(C)C(c1cccc2c1c1nccc3c1c1n2c2ccccc2[n+]1C3)C(C)(C)C.C[Si](C)(C)C(c1cccc2c1c1nccc3c1c1n2c2ccccc2[n+]1C3)[Si](C)(C)C.[2H]C(C)(C)c1cccc2c1c1nccc3c1c1n2c2ccccc2[n+]1C3. The van der Waals surface area contributed by atoms with Crippen molar-refractivity contribution in [3.05, 3.63) is 198 Å². The lowest BCUT2D eigenvalue weighted by Crippen LogP contribution is -2.46. The molecule has 0 atom stereocenters. The van der Waals surface area contributed by atoms with Crippen LogP contribution in [0.3, 0.4) is 0 Å². The van der Waals surface area contributed by atoms with Gasteiger partial charge in [0.1, 0.15) is 36.2 Å². The van der Waals surface area contributed by atoms with Gasteiger partial charge in [0.2, 0.25) is 0 Å². The van der Waals surface area contributed by atoms with E-state index in [1.165, 1.54) is 116 Å². The average molecular weight is 1170 g/mol. The molecule has 6 aromatic carbocycles. The largest absolute Gasteiger partial charge is 0.298 e. The first-order valence-electron chi connectivity index (χ1n) is 31.9. The molecule has 12 heterocycles. The van der Waals surface area contributed by atoms with E-state index >= 15 is 0 Å². The maximum Gasteiger partial charge on any atom is 0.298 e. The Kier molecular flexibility index (Phi) is 11.3. The van der Waals surface area contributed by atoms with Gasteiger partial charge < -0.3 is 0 Å². The maximum absolute atomic E-state index is 8.69. The highest BCUT2D eigenvalue weighted by molar-refractivity contribution is 6.96. The fourth-order valence-electron chi connectivity index (χ4n) is 17.7. The molecule has 87 heavy (non-hydrogen) atoms. The van der Waals surface area contributed by atoms with Crippen molar-refractivity contribution in [1.29, 1.82) is 0 Å². The number of pyridine rings is 6. The van der Waals surface area contributed by atoms with Gasteiger partial charge in [0, 0.05) is 52.8 Å². The lowest BCUT2D eigenvalue weighted by atomic mass is 9.63. The number of hydrogen-bond donors (Lipinski definition) is 0. The predicted molar refractivity (Wildman–Crippen MR) is 366 cm³/mol. The molecule has 0 spiro atoms. The van der Waals surface area contributed by atoms with E-state index in [4.69, 9.17) is 16.3 Å². The number of nitrogens with zero attached hydrogens (tertiary/aromatic N) is 9. The van der Waals surface area contributed by atoms with Crippen molar-refractivity contribution >= 4 is 132 Å². The average Bonchev–Trinajstić information content (AvgIpc) is 1.52. The van der Waals surface area contributed by atoms with Crippen molar-refractivity contribution in [2.24, 2.45) is 10.8 Å². The summed E-state index contributed by atoms with van der Waals surface area (Å²) in [5.74, 6) is -0.297. The summed E-state index contributed by atoms with van der Waals surface area (Å²) in [5, 5.41) is 8.38. The van der Waals surface area contributed by atoms with Crippen LogP contribution in [0.1, 0.15) is 107 Å². The van der Waals surface area contributed by atoms with Crippen molar-refractivity contribution in [3.8, 4) is 0 Å². The summed E-state index contributed by atoms with van der Waals surface area (Å²) in [6, 6.07) is 53.0. The molecule has 0 N–H and O–H groups in total. The molecule has 9 nitrogen and oxygen atoms in total. The van der Waals surface area contributed by atoms with Gasteiger partial charge in [-0.1, -0.05) is 167 Å². The molecule has 18 rings (SSSR count). The lowest BCUT2D eigenvalue weighted by Gasteiger charge is -2.41. The topological polar surface area (TPSA) is 63.5 Å². The van der Waals surface area contributed by atoms with Gasteiger partial charge in [0.05, 0.1) is 48.9 Å². The number of aromatic nitrogens is 9. The summed E-state index contributed by atoms with van der Waals surface area (Å²) in [4.78, 5) is 14.8. The minimum absolute atomic E-state index is 0.129.